The molecule has 4 rings (SSSR count). The van der Waals surface area contributed by atoms with Gasteiger partial charge in [-0.05, 0) is 71.5 Å². The quantitative estimate of drug-likeness (QED) is 0.137. The summed E-state index contributed by atoms with van der Waals surface area (Å²) < 4.78 is 12.2. The molecule has 0 saturated carbocycles. The number of nitro groups is 1. The van der Waals surface area contributed by atoms with Gasteiger partial charge in [0.05, 0.1) is 4.92 Å². The molecule has 1 heterocycles. The maximum atomic E-state index is 12.2. The number of cyclic esters (lactones) is 1. The van der Waals surface area contributed by atoms with Crippen molar-refractivity contribution >= 4 is 46.2 Å². The molecular formula is C24H17IN2O5. The van der Waals surface area contributed by atoms with Crippen molar-refractivity contribution in [2.45, 2.75) is 13.5 Å². The van der Waals surface area contributed by atoms with Gasteiger partial charge >= 0.3 is 5.97 Å². The number of hydrogen-bond acceptors (Lipinski definition) is 6. The molecule has 1 aliphatic rings. The second-order valence-corrected chi connectivity index (χ2v) is 8.21. The molecule has 32 heavy (non-hydrogen) atoms. The number of benzene rings is 3. The van der Waals surface area contributed by atoms with Crippen LogP contribution in [0.1, 0.15) is 22.3 Å². The molecule has 0 radical (unpaired) electrons. The lowest BCUT2D eigenvalue weighted by atomic mass is 10.1. The molecule has 0 unspecified atom stereocenters. The number of esters is 1. The van der Waals surface area contributed by atoms with Gasteiger partial charge in [0, 0.05) is 26.3 Å². The first kappa shape index (κ1) is 21.7. The van der Waals surface area contributed by atoms with Crippen LogP contribution in [0.25, 0.3) is 6.08 Å². The van der Waals surface area contributed by atoms with E-state index in [9.17, 15) is 14.9 Å². The lowest BCUT2D eigenvalue weighted by Crippen LogP contribution is -2.06. The summed E-state index contributed by atoms with van der Waals surface area (Å²) in [5.41, 5.74) is 3.00. The van der Waals surface area contributed by atoms with Crippen molar-refractivity contribution in [3.63, 3.8) is 0 Å². The van der Waals surface area contributed by atoms with E-state index in [-0.39, 0.29) is 17.3 Å². The maximum Gasteiger partial charge on any atom is 0.363 e. The monoisotopic (exact) mass is 540 g/mol. The van der Waals surface area contributed by atoms with Crippen molar-refractivity contribution in [1.29, 1.82) is 0 Å². The molecule has 0 N–H and O–H groups in total. The van der Waals surface area contributed by atoms with E-state index in [1.807, 2.05) is 48.5 Å². The molecule has 8 heteroatoms. The van der Waals surface area contributed by atoms with Crippen molar-refractivity contribution in [1.82, 2.24) is 0 Å². The highest BCUT2D eigenvalue weighted by Gasteiger charge is 2.25. The fourth-order valence-electron chi connectivity index (χ4n) is 3.12. The minimum Gasteiger partial charge on any atom is -0.489 e. The number of halogens is 1. The van der Waals surface area contributed by atoms with E-state index >= 15 is 0 Å². The van der Waals surface area contributed by atoms with E-state index in [2.05, 4.69) is 27.6 Å². The summed E-state index contributed by atoms with van der Waals surface area (Å²) in [6.07, 6.45) is 1.62. The van der Waals surface area contributed by atoms with Crippen molar-refractivity contribution < 1.29 is 19.2 Å². The number of ether oxygens (including phenoxy) is 2. The predicted molar refractivity (Wildman–Crippen MR) is 128 cm³/mol. The van der Waals surface area contributed by atoms with Gasteiger partial charge in [-0.2, -0.15) is 0 Å². The largest absolute Gasteiger partial charge is 0.489 e. The van der Waals surface area contributed by atoms with Crippen LogP contribution < -0.4 is 4.74 Å². The Morgan fingerprint density at radius 3 is 2.56 bits per heavy atom. The Bertz CT molecular complexity index is 1270. The Labute approximate surface area is 197 Å². The normalized spacial score (nSPS) is 14.2. The third-order valence-electron chi connectivity index (χ3n) is 4.80. The number of nitrogens with zero attached hydrogens (tertiary/aromatic N) is 2. The van der Waals surface area contributed by atoms with Crippen LogP contribution in [0, 0.1) is 20.6 Å². The first-order valence-electron chi connectivity index (χ1n) is 9.65. The molecule has 7 nitrogen and oxygen atoms in total. The van der Waals surface area contributed by atoms with Crippen molar-refractivity contribution in [2.75, 3.05) is 0 Å². The van der Waals surface area contributed by atoms with Crippen LogP contribution in [0.4, 0.5) is 5.69 Å². The minimum atomic E-state index is -0.574. The molecule has 3 aromatic rings. The van der Waals surface area contributed by atoms with Crippen LogP contribution in [0.15, 0.2) is 77.4 Å². The van der Waals surface area contributed by atoms with E-state index in [1.54, 1.807) is 19.1 Å². The highest BCUT2D eigenvalue weighted by atomic mass is 127. The van der Waals surface area contributed by atoms with Crippen molar-refractivity contribution in [3.05, 3.63) is 108 Å². The van der Waals surface area contributed by atoms with Crippen LogP contribution in [0.5, 0.6) is 5.75 Å². The molecule has 0 bridgehead atoms. The van der Waals surface area contributed by atoms with Gasteiger partial charge in [-0.3, -0.25) is 10.1 Å². The summed E-state index contributed by atoms with van der Waals surface area (Å²) in [7, 11) is 0. The molecule has 0 aromatic heterocycles. The number of aliphatic imine (C=N–C) groups is 1. The topological polar surface area (TPSA) is 91.0 Å². The highest BCUT2D eigenvalue weighted by molar-refractivity contribution is 14.1. The van der Waals surface area contributed by atoms with Gasteiger partial charge < -0.3 is 9.47 Å². The summed E-state index contributed by atoms with van der Waals surface area (Å²) in [6, 6.07) is 19.8. The van der Waals surface area contributed by atoms with Crippen LogP contribution in [0.2, 0.25) is 0 Å². The summed E-state index contributed by atoms with van der Waals surface area (Å²) in [6.45, 7) is 2.09. The van der Waals surface area contributed by atoms with Gasteiger partial charge in [0.25, 0.3) is 5.69 Å². The molecular weight excluding hydrogens is 523 g/mol. The van der Waals surface area contributed by atoms with Gasteiger partial charge in [0.2, 0.25) is 5.90 Å². The van der Waals surface area contributed by atoms with Crippen LogP contribution in [0.3, 0.4) is 0 Å². The summed E-state index contributed by atoms with van der Waals surface area (Å²) in [5, 5.41) is 11.0. The second-order valence-electron chi connectivity index (χ2n) is 7.04. The van der Waals surface area contributed by atoms with E-state index in [0.29, 0.717) is 23.5 Å². The minimum absolute atomic E-state index is 0.00118. The molecule has 3 aromatic carbocycles. The third kappa shape index (κ3) is 4.86. The number of hydrogen-bond donors (Lipinski definition) is 0. The lowest BCUT2D eigenvalue weighted by Gasteiger charge is -2.08. The molecule has 0 aliphatic carbocycles. The Morgan fingerprint density at radius 2 is 1.88 bits per heavy atom. The average Bonchev–Trinajstić information content (AvgIpc) is 3.14. The number of carbonyl (C=O) groups is 1. The molecule has 0 fully saturated rings. The van der Waals surface area contributed by atoms with E-state index in [0.717, 1.165) is 14.7 Å². The highest BCUT2D eigenvalue weighted by Crippen LogP contribution is 2.24. The van der Waals surface area contributed by atoms with E-state index in [1.165, 1.54) is 12.1 Å². The standard InChI is InChI=1S/C24H17IN2O5/c1-15-12-17(8-11-22(15)27(29)30)23-26-21(24(28)32-23)13-16-6-9-19(10-7-16)31-14-18-4-2-3-5-20(18)25/h2-13H,14H2,1H3/b21-13-. The Morgan fingerprint density at radius 1 is 1.12 bits per heavy atom. The second kappa shape index (κ2) is 9.31. The average molecular weight is 540 g/mol. The SMILES string of the molecule is Cc1cc(C2=N/C(=C\c3ccc(OCc4ccccc4I)cc3)C(=O)O2)ccc1[N+](=O)[O-]. The van der Waals surface area contributed by atoms with Gasteiger partial charge in [-0.1, -0.05) is 30.3 Å². The summed E-state index contributed by atoms with van der Waals surface area (Å²) in [5.74, 6) is 0.262. The number of rotatable bonds is 6. The Hall–Kier alpha value is -3.53. The van der Waals surface area contributed by atoms with E-state index in [4.69, 9.17) is 9.47 Å². The number of nitro benzene ring substituents is 1. The zero-order chi connectivity index (χ0) is 22.7. The zero-order valence-corrected chi connectivity index (χ0v) is 19.1. The lowest BCUT2D eigenvalue weighted by molar-refractivity contribution is -0.385. The van der Waals surface area contributed by atoms with Crippen LogP contribution in [-0.4, -0.2) is 16.8 Å². The van der Waals surface area contributed by atoms with Gasteiger partial charge in [-0.15, -0.1) is 0 Å². The summed E-state index contributed by atoms with van der Waals surface area (Å²) >= 11 is 2.28. The van der Waals surface area contributed by atoms with Gasteiger partial charge in [-0.25, -0.2) is 9.79 Å². The molecule has 0 atom stereocenters. The third-order valence-corrected chi connectivity index (χ3v) is 5.85. The maximum absolute atomic E-state index is 12.2. The van der Waals surface area contributed by atoms with Crippen LogP contribution >= 0.6 is 22.6 Å². The molecule has 0 spiro atoms. The van der Waals surface area contributed by atoms with Crippen molar-refractivity contribution in [2.24, 2.45) is 4.99 Å². The fourth-order valence-corrected chi connectivity index (χ4v) is 3.66. The van der Waals surface area contributed by atoms with Gasteiger partial charge in [0.1, 0.15) is 12.4 Å². The van der Waals surface area contributed by atoms with Crippen molar-refractivity contribution in [3.8, 4) is 5.75 Å². The molecule has 0 saturated heterocycles. The smallest absolute Gasteiger partial charge is 0.363 e. The molecule has 0 amide bonds. The first-order chi connectivity index (χ1) is 15.4. The predicted octanol–water partition coefficient (Wildman–Crippen LogP) is 5.43. The van der Waals surface area contributed by atoms with Gasteiger partial charge in [0.15, 0.2) is 5.70 Å². The number of aryl methyl sites for hydroxylation is 1. The van der Waals surface area contributed by atoms with Crippen LogP contribution in [-0.2, 0) is 16.1 Å². The zero-order valence-electron chi connectivity index (χ0n) is 16.9. The van der Waals surface area contributed by atoms with E-state index < -0.39 is 10.9 Å². The molecule has 1 aliphatic heterocycles. The first-order valence-corrected chi connectivity index (χ1v) is 10.7. The molecule has 160 valence electrons. The summed E-state index contributed by atoms with van der Waals surface area (Å²) in [4.78, 5) is 27.0. The fraction of sp³-hybridized carbons (Fsp3) is 0.0833. The Kier molecular flexibility index (Phi) is 6.31. The Balaban J connectivity index is 1.48. The number of carbonyl (C=O) groups excluding carboxylic acids is 1.